The Balaban J connectivity index is 3.58. The normalized spacial score (nSPS) is 11.5. The zero-order valence-corrected chi connectivity index (χ0v) is 9.25. The first-order valence-corrected chi connectivity index (χ1v) is 6.09. The molecular formula is C8H20O2Si. The molecule has 0 fully saturated rings. The number of hydrogen-bond acceptors (Lipinski definition) is 2. The van der Waals surface area contributed by atoms with Crippen LogP contribution in [0.15, 0.2) is 0 Å². The van der Waals surface area contributed by atoms with E-state index in [1.54, 1.807) is 14.2 Å². The van der Waals surface area contributed by atoms with Crippen molar-refractivity contribution in [3.05, 3.63) is 0 Å². The molecular weight excluding hydrogens is 156 g/mol. The van der Waals surface area contributed by atoms with Gasteiger partial charge in [0, 0.05) is 14.2 Å². The molecule has 0 aliphatic rings. The van der Waals surface area contributed by atoms with Crippen LogP contribution in [0.2, 0.25) is 6.04 Å². The molecule has 0 aromatic rings. The Morgan fingerprint density at radius 3 is 1.82 bits per heavy atom. The monoisotopic (exact) mass is 176 g/mol. The molecule has 11 heavy (non-hydrogen) atoms. The van der Waals surface area contributed by atoms with E-state index in [2.05, 4.69) is 13.8 Å². The van der Waals surface area contributed by atoms with Crippen molar-refractivity contribution in [3.63, 3.8) is 0 Å². The van der Waals surface area contributed by atoms with Crippen LogP contribution in [-0.2, 0) is 8.85 Å². The van der Waals surface area contributed by atoms with Crippen molar-refractivity contribution in [1.82, 2.24) is 0 Å². The van der Waals surface area contributed by atoms with Gasteiger partial charge in [-0.2, -0.15) is 0 Å². The van der Waals surface area contributed by atoms with Crippen LogP contribution in [0.5, 0.6) is 0 Å². The summed E-state index contributed by atoms with van der Waals surface area (Å²) in [5.41, 5.74) is 0. The van der Waals surface area contributed by atoms with Crippen LogP contribution in [0, 0.1) is 5.92 Å². The third-order valence-corrected chi connectivity index (χ3v) is 4.31. The molecule has 0 radical (unpaired) electrons. The van der Waals surface area contributed by atoms with Gasteiger partial charge in [-0.3, -0.25) is 0 Å². The summed E-state index contributed by atoms with van der Waals surface area (Å²) in [6.07, 6.45) is 2.49. The number of hydrogen-bond donors (Lipinski definition) is 0. The molecule has 0 N–H and O–H groups in total. The van der Waals surface area contributed by atoms with Crippen LogP contribution in [0.3, 0.4) is 0 Å². The predicted octanol–water partition coefficient (Wildman–Crippen LogP) is 1.94. The highest BCUT2D eigenvalue weighted by molar-refractivity contribution is 6.44. The average molecular weight is 176 g/mol. The Morgan fingerprint density at radius 2 is 1.55 bits per heavy atom. The van der Waals surface area contributed by atoms with E-state index >= 15 is 0 Å². The van der Waals surface area contributed by atoms with E-state index < -0.39 is 9.28 Å². The van der Waals surface area contributed by atoms with Crippen LogP contribution >= 0.6 is 0 Å². The Kier molecular flexibility index (Phi) is 6.91. The summed E-state index contributed by atoms with van der Waals surface area (Å²) in [5, 5.41) is 0. The highest BCUT2D eigenvalue weighted by Crippen LogP contribution is 2.15. The lowest BCUT2D eigenvalue weighted by molar-refractivity contribution is 0.268. The fourth-order valence-corrected chi connectivity index (χ4v) is 2.97. The predicted molar refractivity (Wildman–Crippen MR) is 50.0 cm³/mol. The van der Waals surface area contributed by atoms with Gasteiger partial charge in [0.15, 0.2) is 0 Å². The lowest BCUT2D eigenvalue weighted by Crippen LogP contribution is -2.22. The molecule has 0 aromatic heterocycles. The van der Waals surface area contributed by atoms with E-state index in [1.807, 2.05) is 0 Å². The highest BCUT2D eigenvalue weighted by Gasteiger charge is 2.14. The highest BCUT2D eigenvalue weighted by atomic mass is 28.3. The molecule has 0 rings (SSSR count). The lowest BCUT2D eigenvalue weighted by atomic mass is 10.1. The molecule has 0 atom stereocenters. The van der Waals surface area contributed by atoms with Gasteiger partial charge in [0.25, 0.3) is 0 Å². The van der Waals surface area contributed by atoms with Crippen LogP contribution in [-0.4, -0.2) is 23.5 Å². The zero-order chi connectivity index (χ0) is 8.69. The molecule has 0 bridgehead atoms. The average Bonchev–Trinajstić information content (AvgIpc) is 2.07. The van der Waals surface area contributed by atoms with E-state index in [0.29, 0.717) is 0 Å². The van der Waals surface area contributed by atoms with Gasteiger partial charge >= 0.3 is 9.28 Å². The summed E-state index contributed by atoms with van der Waals surface area (Å²) in [4.78, 5) is 0. The molecule has 0 saturated carbocycles. The van der Waals surface area contributed by atoms with Crippen molar-refractivity contribution in [3.8, 4) is 0 Å². The maximum absolute atomic E-state index is 5.25. The molecule has 0 aliphatic heterocycles. The van der Waals surface area contributed by atoms with Crippen LogP contribution in [0.1, 0.15) is 26.7 Å². The smallest absolute Gasteiger partial charge is 0.321 e. The second-order valence-electron chi connectivity index (χ2n) is 2.82. The van der Waals surface area contributed by atoms with E-state index in [4.69, 9.17) is 8.85 Å². The Bertz CT molecular complexity index is 70.2. The van der Waals surface area contributed by atoms with Gasteiger partial charge in [0.2, 0.25) is 0 Å². The summed E-state index contributed by atoms with van der Waals surface area (Å²) < 4.78 is 10.5. The molecule has 0 unspecified atom stereocenters. The van der Waals surface area contributed by atoms with Crippen molar-refractivity contribution in [2.24, 2.45) is 5.92 Å². The van der Waals surface area contributed by atoms with E-state index in [-0.39, 0.29) is 0 Å². The molecule has 68 valence electrons. The fraction of sp³-hybridized carbons (Fsp3) is 1.00. The van der Waals surface area contributed by atoms with Crippen LogP contribution in [0.25, 0.3) is 0 Å². The first kappa shape index (κ1) is 11.1. The topological polar surface area (TPSA) is 18.5 Å². The fourth-order valence-electron chi connectivity index (χ4n) is 1.18. The zero-order valence-electron chi connectivity index (χ0n) is 8.09. The summed E-state index contributed by atoms with van der Waals surface area (Å²) >= 11 is 0. The van der Waals surface area contributed by atoms with Crippen molar-refractivity contribution in [2.75, 3.05) is 14.2 Å². The minimum Gasteiger partial charge on any atom is -0.400 e. The lowest BCUT2D eigenvalue weighted by Gasteiger charge is -2.16. The van der Waals surface area contributed by atoms with Gasteiger partial charge < -0.3 is 8.85 Å². The van der Waals surface area contributed by atoms with Gasteiger partial charge in [-0.05, 0) is 12.0 Å². The molecule has 0 saturated heterocycles. The third-order valence-electron chi connectivity index (χ3n) is 2.21. The SMILES string of the molecule is CCC(CC)C[SiH](OC)OC. The largest absolute Gasteiger partial charge is 0.400 e. The number of rotatable bonds is 6. The van der Waals surface area contributed by atoms with E-state index in [1.165, 1.54) is 12.8 Å². The summed E-state index contributed by atoms with van der Waals surface area (Å²) in [7, 11) is 2.22. The molecule has 3 heteroatoms. The quantitative estimate of drug-likeness (QED) is 0.576. The van der Waals surface area contributed by atoms with Crippen molar-refractivity contribution in [2.45, 2.75) is 32.7 Å². The standard InChI is InChI=1S/C8H20O2Si/c1-5-8(6-2)7-11(9-3)10-4/h8,11H,5-7H2,1-4H3. The Morgan fingerprint density at radius 1 is 1.09 bits per heavy atom. The first-order valence-electron chi connectivity index (χ1n) is 4.34. The molecule has 0 aromatic carbocycles. The van der Waals surface area contributed by atoms with Crippen molar-refractivity contribution >= 4 is 9.28 Å². The van der Waals surface area contributed by atoms with Gasteiger partial charge in [0.1, 0.15) is 0 Å². The second-order valence-corrected chi connectivity index (χ2v) is 5.09. The Labute approximate surface area is 71.7 Å². The van der Waals surface area contributed by atoms with Gasteiger partial charge in [-0.1, -0.05) is 26.7 Å². The summed E-state index contributed by atoms with van der Waals surface area (Å²) in [5.74, 6) is 0.798. The van der Waals surface area contributed by atoms with E-state index in [9.17, 15) is 0 Å². The third kappa shape index (κ3) is 4.56. The summed E-state index contributed by atoms with van der Waals surface area (Å²) in [6, 6.07) is 1.15. The minimum atomic E-state index is -1.29. The second kappa shape index (κ2) is 6.82. The molecule has 0 spiro atoms. The first-order chi connectivity index (χ1) is 5.28. The summed E-state index contributed by atoms with van der Waals surface area (Å²) in [6.45, 7) is 4.45. The maximum Gasteiger partial charge on any atom is 0.321 e. The van der Waals surface area contributed by atoms with Crippen molar-refractivity contribution in [1.29, 1.82) is 0 Å². The van der Waals surface area contributed by atoms with Crippen LogP contribution in [0.4, 0.5) is 0 Å². The molecule has 0 aliphatic carbocycles. The van der Waals surface area contributed by atoms with Gasteiger partial charge in [-0.15, -0.1) is 0 Å². The molecule has 0 heterocycles. The van der Waals surface area contributed by atoms with Crippen molar-refractivity contribution < 1.29 is 8.85 Å². The maximum atomic E-state index is 5.25. The van der Waals surface area contributed by atoms with Crippen LogP contribution < -0.4 is 0 Å². The van der Waals surface area contributed by atoms with Gasteiger partial charge in [0.05, 0.1) is 0 Å². The Hall–Kier alpha value is 0.137. The van der Waals surface area contributed by atoms with E-state index in [0.717, 1.165) is 12.0 Å². The molecule has 2 nitrogen and oxygen atoms in total. The minimum absolute atomic E-state index is 0.798. The van der Waals surface area contributed by atoms with Gasteiger partial charge in [-0.25, -0.2) is 0 Å². The molecule has 0 amide bonds.